The summed E-state index contributed by atoms with van der Waals surface area (Å²) in [4.78, 5) is 43.7. The van der Waals surface area contributed by atoms with Crippen LogP contribution in [0.1, 0.15) is 52.5 Å². The normalized spacial score (nSPS) is 13.9. The number of carbonyl (C=O) groups is 2. The molecule has 0 saturated carbocycles. The number of hydrogen-bond acceptors (Lipinski definition) is 6. The number of rotatable bonds is 10. The van der Waals surface area contributed by atoms with Crippen molar-refractivity contribution in [3.63, 3.8) is 0 Å². The number of benzene rings is 1. The number of nitrogens with one attached hydrogen (secondary N) is 3. The van der Waals surface area contributed by atoms with Crippen LogP contribution in [0.3, 0.4) is 0 Å². The van der Waals surface area contributed by atoms with Crippen LogP contribution in [0, 0.1) is 13.8 Å². The van der Waals surface area contributed by atoms with E-state index in [1.807, 2.05) is 32.2 Å². The van der Waals surface area contributed by atoms with Crippen molar-refractivity contribution in [2.24, 2.45) is 0 Å². The molecule has 1 aliphatic rings. The van der Waals surface area contributed by atoms with Crippen molar-refractivity contribution in [2.75, 3.05) is 36.8 Å². The molecule has 0 bridgehead atoms. The Kier molecular flexibility index (Phi) is 10.3. The fourth-order valence-corrected chi connectivity index (χ4v) is 5.36. The largest absolute Gasteiger partial charge is 0.381 e. The van der Waals surface area contributed by atoms with Crippen molar-refractivity contribution < 1.29 is 14.3 Å². The number of aromatic nitrogens is 1. The van der Waals surface area contributed by atoms with Gasteiger partial charge in [-0.3, -0.25) is 14.4 Å². The van der Waals surface area contributed by atoms with Crippen LogP contribution in [-0.4, -0.2) is 54.7 Å². The van der Waals surface area contributed by atoms with Gasteiger partial charge in [0.2, 0.25) is 5.91 Å². The number of aryl methyl sites for hydroxylation is 1. The van der Waals surface area contributed by atoms with Crippen molar-refractivity contribution in [2.45, 2.75) is 57.6 Å². The number of anilines is 1. The zero-order valence-corrected chi connectivity index (χ0v) is 22.9. The number of hydrogen-bond donors (Lipinski definition) is 3. The molecular formula is C26H35ClN4O4S. The van der Waals surface area contributed by atoms with Crippen LogP contribution in [0.15, 0.2) is 27.9 Å². The fourth-order valence-electron chi connectivity index (χ4n) is 4.56. The Hall–Kier alpha value is -2.49. The zero-order valence-electron chi connectivity index (χ0n) is 21.3. The van der Waals surface area contributed by atoms with Gasteiger partial charge in [-0.05, 0) is 69.2 Å². The second-order valence-corrected chi connectivity index (χ2v) is 9.95. The van der Waals surface area contributed by atoms with E-state index < -0.39 is 0 Å². The van der Waals surface area contributed by atoms with E-state index >= 15 is 0 Å². The van der Waals surface area contributed by atoms with Crippen LogP contribution in [0.25, 0.3) is 0 Å². The number of thioether (sulfide) groups is 1. The molecule has 0 radical (unpaired) electrons. The molecule has 2 heterocycles. The predicted octanol–water partition coefficient (Wildman–Crippen LogP) is 3.50. The van der Waals surface area contributed by atoms with Gasteiger partial charge >= 0.3 is 0 Å². The van der Waals surface area contributed by atoms with Crippen molar-refractivity contribution in [1.29, 1.82) is 0 Å². The first-order chi connectivity index (χ1) is 17.3. The summed E-state index contributed by atoms with van der Waals surface area (Å²) in [5, 5.41) is 5.73. The number of nitrogens with zero attached hydrogens (tertiary/aromatic N) is 1. The molecule has 3 N–H and O–H groups in total. The number of amides is 2. The third-order valence-electron chi connectivity index (χ3n) is 6.45. The highest BCUT2D eigenvalue weighted by molar-refractivity contribution is 7.98. The van der Waals surface area contributed by atoms with Gasteiger partial charge in [0.05, 0.1) is 0 Å². The molecular weight excluding hydrogens is 500 g/mol. The molecule has 2 amide bonds. The molecule has 1 aromatic carbocycles. The molecule has 1 aliphatic heterocycles. The highest BCUT2D eigenvalue weighted by atomic mass is 35.5. The van der Waals surface area contributed by atoms with Crippen LogP contribution < -0.4 is 21.1 Å². The lowest BCUT2D eigenvalue weighted by Crippen LogP contribution is -2.40. The SMILES string of the molecule is CCN(c1cc(CNC(=O)CCl)cc(C(=O)NCc2c(SC)cc(C)[nH]c2=O)c1C)C1CCOCC1. The number of alkyl halides is 1. The molecule has 2 aromatic rings. The minimum Gasteiger partial charge on any atom is -0.381 e. The van der Waals surface area contributed by atoms with Crippen molar-refractivity contribution >= 4 is 40.9 Å². The molecule has 0 unspecified atom stereocenters. The minimum absolute atomic E-state index is 0.115. The molecule has 0 atom stereocenters. The van der Waals surface area contributed by atoms with Gasteiger partial charge in [0.15, 0.2) is 0 Å². The van der Waals surface area contributed by atoms with E-state index in [9.17, 15) is 14.4 Å². The maximum Gasteiger partial charge on any atom is 0.254 e. The van der Waals surface area contributed by atoms with Gasteiger partial charge in [0, 0.05) is 66.3 Å². The van der Waals surface area contributed by atoms with Gasteiger partial charge in [-0.15, -0.1) is 23.4 Å². The summed E-state index contributed by atoms with van der Waals surface area (Å²) >= 11 is 7.13. The molecule has 3 rings (SSSR count). The summed E-state index contributed by atoms with van der Waals surface area (Å²) in [7, 11) is 0. The van der Waals surface area contributed by atoms with E-state index in [0.29, 0.717) is 30.4 Å². The predicted molar refractivity (Wildman–Crippen MR) is 145 cm³/mol. The first-order valence-electron chi connectivity index (χ1n) is 12.1. The Bertz CT molecular complexity index is 1150. The first kappa shape index (κ1) is 28.1. The van der Waals surface area contributed by atoms with Gasteiger partial charge in [-0.25, -0.2) is 0 Å². The lowest BCUT2D eigenvalue weighted by molar-refractivity contribution is -0.118. The Labute approximate surface area is 221 Å². The third kappa shape index (κ3) is 6.83. The number of carbonyl (C=O) groups excluding carboxylic acids is 2. The van der Waals surface area contributed by atoms with Crippen LogP contribution >= 0.6 is 23.4 Å². The first-order valence-corrected chi connectivity index (χ1v) is 13.9. The zero-order chi connectivity index (χ0) is 26.2. The van der Waals surface area contributed by atoms with Crippen LogP contribution in [0.5, 0.6) is 0 Å². The molecule has 0 aliphatic carbocycles. The Morgan fingerprint density at radius 2 is 1.89 bits per heavy atom. The molecule has 36 heavy (non-hydrogen) atoms. The van der Waals surface area contributed by atoms with E-state index in [4.69, 9.17) is 16.3 Å². The van der Waals surface area contributed by atoms with E-state index in [1.54, 1.807) is 6.07 Å². The standard InChI is InChI=1S/C26H35ClN4O4S/c1-5-31(19-6-8-35-9-7-19)22-12-18(14-28-24(32)13-27)11-20(17(22)3)25(33)29-15-21-23(36-4)10-16(2)30-26(21)34/h10-12,19H,5-9,13-15H2,1-4H3,(H,28,32)(H,29,33)(H,30,34). The van der Waals surface area contributed by atoms with Gasteiger partial charge in [-0.2, -0.15) is 0 Å². The topological polar surface area (TPSA) is 104 Å². The number of aromatic amines is 1. The second-order valence-electron chi connectivity index (χ2n) is 8.84. The molecule has 1 fully saturated rings. The van der Waals surface area contributed by atoms with Crippen LogP contribution in [-0.2, 0) is 22.6 Å². The van der Waals surface area contributed by atoms with Gasteiger partial charge in [0.1, 0.15) is 5.88 Å². The Morgan fingerprint density at radius 1 is 1.17 bits per heavy atom. The van der Waals surface area contributed by atoms with E-state index in [1.165, 1.54) is 11.8 Å². The van der Waals surface area contributed by atoms with Crippen LogP contribution in [0.2, 0.25) is 0 Å². The average Bonchev–Trinajstić information content (AvgIpc) is 2.88. The van der Waals surface area contributed by atoms with Gasteiger partial charge in [-0.1, -0.05) is 0 Å². The summed E-state index contributed by atoms with van der Waals surface area (Å²) in [6, 6.07) is 6.05. The van der Waals surface area contributed by atoms with Gasteiger partial charge in [0.25, 0.3) is 11.5 Å². The lowest BCUT2D eigenvalue weighted by Gasteiger charge is -2.37. The van der Waals surface area contributed by atoms with Crippen molar-refractivity contribution in [3.05, 3.63) is 56.5 Å². The summed E-state index contributed by atoms with van der Waals surface area (Å²) < 4.78 is 5.55. The molecule has 10 heteroatoms. The summed E-state index contributed by atoms with van der Waals surface area (Å²) in [6.07, 6.45) is 3.73. The highest BCUT2D eigenvalue weighted by Gasteiger charge is 2.25. The summed E-state index contributed by atoms with van der Waals surface area (Å²) in [5.41, 5.74) is 4.25. The summed E-state index contributed by atoms with van der Waals surface area (Å²) in [5.74, 6) is -0.669. The molecule has 1 saturated heterocycles. The monoisotopic (exact) mass is 534 g/mol. The third-order valence-corrected chi connectivity index (χ3v) is 7.50. The van der Waals surface area contributed by atoms with E-state index in [2.05, 4.69) is 27.4 Å². The number of H-pyrrole nitrogens is 1. The van der Waals surface area contributed by atoms with E-state index in [-0.39, 0.29) is 36.3 Å². The molecule has 1 aromatic heterocycles. The Morgan fingerprint density at radius 3 is 2.53 bits per heavy atom. The Balaban J connectivity index is 1.94. The maximum absolute atomic E-state index is 13.4. The number of halogens is 1. The minimum atomic E-state index is -0.273. The maximum atomic E-state index is 13.4. The fraction of sp³-hybridized carbons (Fsp3) is 0.500. The average molecular weight is 535 g/mol. The number of pyridine rings is 1. The highest BCUT2D eigenvalue weighted by Crippen LogP contribution is 2.30. The van der Waals surface area contributed by atoms with Crippen molar-refractivity contribution in [1.82, 2.24) is 15.6 Å². The van der Waals surface area contributed by atoms with Gasteiger partial charge < -0.3 is 25.3 Å². The van der Waals surface area contributed by atoms with Crippen molar-refractivity contribution in [3.8, 4) is 0 Å². The molecule has 0 spiro atoms. The lowest BCUT2D eigenvalue weighted by atomic mass is 9.98. The number of ether oxygens (including phenoxy) is 1. The molecule has 8 nitrogen and oxygen atoms in total. The van der Waals surface area contributed by atoms with Crippen LogP contribution in [0.4, 0.5) is 5.69 Å². The smallest absolute Gasteiger partial charge is 0.254 e. The van der Waals surface area contributed by atoms with E-state index in [0.717, 1.165) is 46.8 Å². The summed E-state index contributed by atoms with van der Waals surface area (Å²) in [6.45, 7) is 8.46. The quantitative estimate of drug-likeness (QED) is 0.318. The molecule has 196 valence electrons. The second kappa shape index (κ2) is 13.2.